The maximum Gasteiger partial charge on any atom is 0.157 e. The summed E-state index contributed by atoms with van der Waals surface area (Å²) in [5.41, 5.74) is 2.06. The van der Waals surface area contributed by atoms with Crippen LogP contribution in [0.2, 0.25) is 0 Å². The number of benzene rings is 1. The predicted octanol–water partition coefficient (Wildman–Crippen LogP) is 2.06. The lowest BCUT2D eigenvalue weighted by molar-refractivity contribution is 0.368. The monoisotopic (exact) mass is 273 g/mol. The molecule has 4 heteroatoms. The van der Waals surface area contributed by atoms with Crippen LogP contribution in [0.5, 0.6) is 11.5 Å². The SMILES string of the molecule is Br.CC1(C)NCCc2cc(O)c(O)cc21. The minimum atomic E-state index is -0.126. The van der Waals surface area contributed by atoms with Crippen LogP contribution in [-0.4, -0.2) is 16.8 Å². The number of fused-ring (bicyclic) bond motifs is 1. The van der Waals surface area contributed by atoms with Crippen molar-refractivity contribution in [2.24, 2.45) is 0 Å². The lowest BCUT2D eigenvalue weighted by Crippen LogP contribution is -2.42. The fraction of sp³-hybridized carbons (Fsp3) is 0.455. The van der Waals surface area contributed by atoms with Gasteiger partial charge in [0.25, 0.3) is 0 Å². The molecule has 0 radical (unpaired) electrons. The first kappa shape index (κ1) is 12.3. The molecule has 0 unspecified atom stereocenters. The Bertz CT molecular complexity index is 377. The largest absolute Gasteiger partial charge is 0.504 e. The molecule has 2 rings (SSSR count). The van der Waals surface area contributed by atoms with Crippen molar-refractivity contribution < 1.29 is 10.2 Å². The van der Waals surface area contributed by atoms with Crippen molar-refractivity contribution in [2.45, 2.75) is 25.8 Å². The highest BCUT2D eigenvalue weighted by molar-refractivity contribution is 8.93. The molecule has 0 aromatic heterocycles. The summed E-state index contributed by atoms with van der Waals surface area (Å²) in [7, 11) is 0. The third-order valence-electron chi connectivity index (χ3n) is 2.84. The van der Waals surface area contributed by atoms with Crippen LogP contribution in [0.1, 0.15) is 25.0 Å². The molecule has 0 atom stereocenters. The van der Waals surface area contributed by atoms with Crippen molar-refractivity contribution in [2.75, 3.05) is 6.54 Å². The van der Waals surface area contributed by atoms with Crippen LogP contribution in [0.3, 0.4) is 0 Å². The number of phenols is 2. The number of hydrogen-bond donors (Lipinski definition) is 3. The highest BCUT2D eigenvalue weighted by Crippen LogP contribution is 2.35. The second-order valence-electron chi connectivity index (χ2n) is 4.30. The molecule has 3 N–H and O–H groups in total. The summed E-state index contributed by atoms with van der Waals surface area (Å²) in [5.74, 6) is -0.0676. The van der Waals surface area contributed by atoms with Crippen molar-refractivity contribution in [3.05, 3.63) is 23.3 Å². The molecule has 0 saturated carbocycles. The zero-order valence-electron chi connectivity index (χ0n) is 8.87. The summed E-state index contributed by atoms with van der Waals surface area (Å²) in [6, 6.07) is 3.31. The summed E-state index contributed by atoms with van der Waals surface area (Å²) in [5, 5.41) is 22.2. The molecule has 84 valence electrons. The summed E-state index contributed by atoms with van der Waals surface area (Å²) in [6.45, 7) is 5.05. The van der Waals surface area contributed by atoms with Crippen molar-refractivity contribution in [3.63, 3.8) is 0 Å². The maximum atomic E-state index is 9.43. The lowest BCUT2D eigenvalue weighted by atomic mass is 9.85. The Hall–Kier alpha value is -0.740. The van der Waals surface area contributed by atoms with Gasteiger partial charge >= 0.3 is 0 Å². The molecule has 1 aliphatic rings. The Labute approximate surface area is 99.9 Å². The standard InChI is InChI=1S/C11H15NO2.BrH/c1-11(2)8-6-10(14)9(13)5-7(8)3-4-12-11;/h5-6,12-14H,3-4H2,1-2H3;1H. The van der Waals surface area contributed by atoms with Gasteiger partial charge in [-0.3, -0.25) is 0 Å². The Morgan fingerprint density at radius 3 is 2.47 bits per heavy atom. The van der Waals surface area contributed by atoms with E-state index < -0.39 is 0 Å². The summed E-state index contributed by atoms with van der Waals surface area (Å²) >= 11 is 0. The number of rotatable bonds is 0. The Morgan fingerprint density at radius 1 is 1.20 bits per heavy atom. The van der Waals surface area contributed by atoms with Gasteiger partial charge in [-0.05, 0) is 50.1 Å². The number of hydrogen-bond acceptors (Lipinski definition) is 3. The second-order valence-corrected chi connectivity index (χ2v) is 4.30. The Morgan fingerprint density at radius 2 is 1.80 bits per heavy atom. The number of phenolic OH excluding ortho intramolecular Hbond substituents is 2. The van der Waals surface area contributed by atoms with Gasteiger partial charge in [0.05, 0.1) is 0 Å². The zero-order chi connectivity index (χ0) is 10.3. The highest BCUT2D eigenvalue weighted by atomic mass is 79.9. The quantitative estimate of drug-likeness (QED) is 0.635. The minimum absolute atomic E-state index is 0. The van der Waals surface area contributed by atoms with E-state index in [9.17, 15) is 10.2 Å². The van der Waals surface area contributed by atoms with Crippen molar-refractivity contribution in [1.29, 1.82) is 0 Å². The number of nitrogens with one attached hydrogen (secondary N) is 1. The number of aromatic hydroxyl groups is 2. The van der Waals surface area contributed by atoms with Gasteiger partial charge in [0.1, 0.15) is 0 Å². The van der Waals surface area contributed by atoms with Gasteiger partial charge in [-0.2, -0.15) is 0 Å². The molecule has 1 aromatic carbocycles. The minimum Gasteiger partial charge on any atom is -0.504 e. The van der Waals surface area contributed by atoms with Gasteiger partial charge in [-0.1, -0.05) is 0 Å². The van der Waals surface area contributed by atoms with E-state index in [1.807, 2.05) is 0 Å². The first-order chi connectivity index (χ1) is 6.50. The van der Waals surface area contributed by atoms with Gasteiger partial charge in [0.2, 0.25) is 0 Å². The highest BCUT2D eigenvalue weighted by Gasteiger charge is 2.27. The summed E-state index contributed by atoms with van der Waals surface area (Å²) < 4.78 is 0. The summed E-state index contributed by atoms with van der Waals surface area (Å²) in [4.78, 5) is 0. The smallest absolute Gasteiger partial charge is 0.157 e. The van der Waals surface area contributed by atoms with Gasteiger partial charge in [0, 0.05) is 5.54 Å². The van der Waals surface area contributed by atoms with Crippen LogP contribution in [0.15, 0.2) is 12.1 Å². The van der Waals surface area contributed by atoms with Gasteiger partial charge in [-0.25, -0.2) is 0 Å². The van der Waals surface area contributed by atoms with E-state index in [4.69, 9.17) is 0 Å². The van der Waals surface area contributed by atoms with Crippen LogP contribution in [0.25, 0.3) is 0 Å². The molecule has 0 fully saturated rings. The van der Waals surface area contributed by atoms with Crippen LogP contribution in [0.4, 0.5) is 0 Å². The Balaban J connectivity index is 0.00000112. The van der Waals surface area contributed by atoms with E-state index in [0.717, 1.165) is 24.1 Å². The molecular formula is C11H16BrNO2. The normalized spacial score (nSPS) is 17.7. The summed E-state index contributed by atoms with van der Waals surface area (Å²) in [6.07, 6.45) is 0.895. The lowest BCUT2D eigenvalue weighted by Gasteiger charge is -2.34. The third kappa shape index (κ3) is 2.11. The first-order valence-electron chi connectivity index (χ1n) is 4.81. The maximum absolute atomic E-state index is 9.43. The molecule has 0 bridgehead atoms. The van der Waals surface area contributed by atoms with E-state index >= 15 is 0 Å². The van der Waals surface area contributed by atoms with Gasteiger partial charge in [-0.15, -0.1) is 17.0 Å². The zero-order valence-corrected chi connectivity index (χ0v) is 10.6. The molecule has 3 nitrogen and oxygen atoms in total. The van der Waals surface area contributed by atoms with Crippen molar-refractivity contribution in [1.82, 2.24) is 5.32 Å². The molecule has 0 amide bonds. The molecule has 15 heavy (non-hydrogen) atoms. The molecule has 1 heterocycles. The average molecular weight is 274 g/mol. The molecule has 1 aliphatic heterocycles. The molecule has 1 aromatic rings. The third-order valence-corrected chi connectivity index (χ3v) is 2.84. The van der Waals surface area contributed by atoms with E-state index in [0.29, 0.717) is 0 Å². The van der Waals surface area contributed by atoms with Gasteiger partial charge < -0.3 is 15.5 Å². The van der Waals surface area contributed by atoms with Crippen LogP contribution >= 0.6 is 17.0 Å². The van der Waals surface area contributed by atoms with Crippen LogP contribution in [-0.2, 0) is 12.0 Å². The van der Waals surface area contributed by atoms with E-state index in [1.165, 1.54) is 0 Å². The van der Waals surface area contributed by atoms with Crippen molar-refractivity contribution in [3.8, 4) is 11.5 Å². The Kier molecular flexibility index (Phi) is 3.31. The molecule has 0 saturated heterocycles. The van der Waals surface area contributed by atoms with E-state index in [-0.39, 0.29) is 34.0 Å². The van der Waals surface area contributed by atoms with Crippen molar-refractivity contribution >= 4 is 17.0 Å². The molecule has 0 spiro atoms. The first-order valence-corrected chi connectivity index (χ1v) is 4.81. The number of halogens is 1. The second kappa shape index (κ2) is 4.02. The fourth-order valence-electron chi connectivity index (χ4n) is 2.01. The van der Waals surface area contributed by atoms with Crippen LogP contribution in [0, 0.1) is 0 Å². The average Bonchev–Trinajstić information content (AvgIpc) is 2.08. The van der Waals surface area contributed by atoms with Crippen LogP contribution < -0.4 is 5.32 Å². The molecular weight excluding hydrogens is 258 g/mol. The van der Waals surface area contributed by atoms with E-state index in [1.54, 1.807) is 12.1 Å². The topological polar surface area (TPSA) is 52.5 Å². The van der Waals surface area contributed by atoms with E-state index in [2.05, 4.69) is 19.2 Å². The fourth-order valence-corrected chi connectivity index (χ4v) is 2.01. The predicted molar refractivity (Wildman–Crippen MR) is 64.8 cm³/mol. The van der Waals surface area contributed by atoms with Gasteiger partial charge in [0.15, 0.2) is 11.5 Å². The molecule has 0 aliphatic carbocycles.